The molecule has 7 heteroatoms. The molecule has 1 aliphatic rings. The second kappa shape index (κ2) is 7.25. The minimum absolute atomic E-state index is 0.0222. The number of rotatable bonds is 5. The molecule has 0 saturated carbocycles. The maximum atomic E-state index is 6.33. The maximum Gasteiger partial charge on any atom is 0.141 e. The minimum Gasteiger partial charge on any atom is -0.488 e. The lowest BCUT2D eigenvalue weighted by Crippen LogP contribution is -2.39. The fourth-order valence-corrected chi connectivity index (χ4v) is 4.52. The zero-order valence-corrected chi connectivity index (χ0v) is 17.2. The Labute approximate surface area is 161 Å². The molecule has 0 aliphatic carbocycles. The van der Waals surface area contributed by atoms with E-state index < -0.39 is 0 Å². The zero-order valence-electron chi connectivity index (χ0n) is 14.9. The monoisotopic (exact) mass is 427 g/mol. The van der Waals surface area contributed by atoms with Crippen molar-refractivity contribution in [1.29, 1.82) is 0 Å². The quantitative estimate of drug-likeness (QED) is 0.693. The number of nitrogens with zero attached hydrogens (tertiary/aromatic N) is 3. The molecule has 1 aliphatic heterocycles. The number of methoxy groups -OCH3 is 1. The maximum absolute atomic E-state index is 6.33. The van der Waals surface area contributed by atoms with Gasteiger partial charge in [0.1, 0.15) is 24.5 Å². The van der Waals surface area contributed by atoms with Crippen molar-refractivity contribution in [3.8, 4) is 5.75 Å². The first-order chi connectivity index (χ1) is 11.8. The van der Waals surface area contributed by atoms with Crippen LogP contribution in [0.3, 0.4) is 0 Å². The van der Waals surface area contributed by atoms with Gasteiger partial charge in [0.15, 0.2) is 0 Å². The summed E-state index contributed by atoms with van der Waals surface area (Å²) in [5, 5.41) is 5.00. The number of hydrogen-bond donors (Lipinski definition) is 0. The average Bonchev–Trinajstić information content (AvgIpc) is 3.14. The summed E-state index contributed by atoms with van der Waals surface area (Å²) in [6.45, 7) is 6.51. The van der Waals surface area contributed by atoms with Gasteiger partial charge in [0, 0.05) is 30.0 Å². The average molecular weight is 429 g/mol. The van der Waals surface area contributed by atoms with Crippen molar-refractivity contribution >= 4 is 27.5 Å². The van der Waals surface area contributed by atoms with E-state index in [0.29, 0.717) is 5.02 Å². The van der Waals surface area contributed by atoms with Crippen molar-refractivity contribution in [1.82, 2.24) is 14.8 Å². The predicted octanol–water partition coefficient (Wildman–Crippen LogP) is 4.69. The summed E-state index contributed by atoms with van der Waals surface area (Å²) in [6.07, 6.45) is 4.89. The molecule has 25 heavy (non-hydrogen) atoms. The normalized spacial score (nSPS) is 19.4. The van der Waals surface area contributed by atoms with Crippen LogP contribution < -0.4 is 4.74 Å². The van der Waals surface area contributed by atoms with E-state index in [-0.39, 0.29) is 23.7 Å². The van der Waals surface area contributed by atoms with Gasteiger partial charge in [-0.1, -0.05) is 48.3 Å². The number of benzene rings is 1. The molecule has 1 aromatic carbocycles. The largest absolute Gasteiger partial charge is 0.488 e. The first-order valence-corrected chi connectivity index (χ1v) is 9.48. The van der Waals surface area contributed by atoms with Crippen LogP contribution >= 0.6 is 27.5 Å². The molecule has 2 heterocycles. The van der Waals surface area contributed by atoms with Crippen molar-refractivity contribution in [3.63, 3.8) is 0 Å². The smallest absolute Gasteiger partial charge is 0.141 e. The van der Waals surface area contributed by atoms with E-state index in [1.807, 2.05) is 10.7 Å². The van der Waals surface area contributed by atoms with E-state index in [1.165, 1.54) is 0 Å². The fraction of sp³-hybridized carbons (Fsp3) is 0.556. The highest BCUT2D eigenvalue weighted by Crippen LogP contribution is 2.41. The molecule has 0 fully saturated rings. The Kier molecular flexibility index (Phi) is 5.42. The second-order valence-electron chi connectivity index (χ2n) is 7.52. The molecule has 0 N–H and O–H groups in total. The van der Waals surface area contributed by atoms with Gasteiger partial charge in [-0.2, -0.15) is 5.10 Å². The van der Waals surface area contributed by atoms with Crippen LogP contribution in [0.25, 0.3) is 0 Å². The van der Waals surface area contributed by atoms with Gasteiger partial charge in [-0.15, -0.1) is 0 Å². The fourth-order valence-electron chi connectivity index (χ4n) is 3.60. The lowest BCUT2D eigenvalue weighted by Gasteiger charge is -2.36. The van der Waals surface area contributed by atoms with Crippen LogP contribution in [0, 0.1) is 5.41 Å². The third kappa shape index (κ3) is 4.01. The summed E-state index contributed by atoms with van der Waals surface area (Å²) in [7, 11) is 1.75. The first kappa shape index (κ1) is 18.7. The molecule has 3 rings (SSSR count). The van der Waals surface area contributed by atoms with Crippen molar-refractivity contribution in [2.45, 2.75) is 51.9 Å². The molecule has 0 spiro atoms. The van der Waals surface area contributed by atoms with Crippen LogP contribution in [0.5, 0.6) is 5.75 Å². The van der Waals surface area contributed by atoms with E-state index in [1.54, 1.807) is 19.8 Å². The van der Waals surface area contributed by atoms with Crippen LogP contribution in [0.4, 0.5) is 0 Å². The molecule has 3 unspecified atom stereocenters. The minimum atomic E-state index is -0.0442. The molecular formula is C18H23BrClN3O2. The third-order valence-electron chi connectivity index (χ3n) is 4.56. The Balaban J connectivity index is 1.84. The molecule has 3 atom stereocenters. The lowest BCUT2D eigenvalue weighted by atomic mass is 9.82. The van der Waals surface area contributed by atoms with Gasteiger partial charge in [-0.25, -0.2) is 9.67 Å². The molecule has 0 radical (unpaired) electrons. The summed E-state index contributed by atoms with van der Waals surface area (Å²) in [5.41, 5.74) is 1.09. The van der Waals surface area contributed by atoms with Crippen molar-refractivity contribution in [3.05, 3.63) is 39.8 Å². The predicted molar refractivity (Wildman–Crippen MR) is 101 cm³/mol. The Morgan fingerprint density at radius 1 is 1.44 bits per heavy atom. The Bertz CT molecular complexity index is 731. The van der Waals surface area contributed by atoms with E-state index >= 15 is 0 Å². The highest BCUT2D eigenvalue weighted by Gasteiger charge is 2.38. The summed E-state index contributed by atoms with van der Waals surface area (Å²) in [6, 6.07) is 3.96. The Hall–Kier alpha value is -1.11. The second-order valence-corrected chi connectivity index (χ2v) is 8.84. The van der Waals surface area contributed by atoms with E-state index in [4.69, 9.17) is 21.1 Å². The summed E-state index contributed by atoms with van der Waals surface area (Å²) >= 11 is 9.83. The van der Waals surface area contributed by atoms with Gasteiger partial charge >= 0.3 is 0 Å². The van der Waals surface area contributed by atoms with Gasteiger partial charge in [-0.05, 0) is 17.5 Å². The lowest BCUT2D eigenvalue weighted by molar-refractivity contribution is -0.0354. The molecule has 0 saturated heterocycles. The van der Waals surface area contributed by atoms with Crippen LogP contribution in [0.15, 0.2) is 29.3 Å². The highest BCUT2D eigenvalue weighted by molar-refractivity contribution is 9.10. The van der Waals surface area contributed by atoms with Crippen LogP contribution in [-0.4, -0.2) is 34.1 Å². The molecule has 0 bridgehead atoms. The van der Waals surface area contributed by atoms with Crippen molar-refractivity contribution in [2.75, 3.05) is 7.11 Å². The number of ether oxygens (including phenoxy) is 2. The van der Waals surface area contributed by atoms with E-state index in [2.05, 4.69) is 52.9 Å². The Morgan fingerprint density at radius 2 is 2.20 bits per heavy atom. The van der Waals surface area contributed by atoms with Gasteiger partial charge < -0.3 is 9.47 Å². The van der Waals surface area contributed by atoms with Crippen LogP contribution in [0.1, 0.15) is 38.8 Å². The van der Waals surface area contributed by atoms with E-state index in [9.17, 15) is 0 Å². The summed E-state index contributed by atoms with van der Waals surface area (Å²) in [5.74, 6) is 0.789. The first-order valence-electron chi connectivity index (χ1n) is 8.31. The third-order valence-corrected chi connectivity index (χ3v) is 5.29. The van der Waals surface area contributed by atoms with Crippen LogP contribution in [-0.2, 0) is 11.2 Å². The standard InChI is InChI=1S/C18H23BrClN3O2/c1-18(2,3)17(24-4)15(23-10-21-9-22-23)8-13-6-11-5-12(19)7-14(20)16(11)25-13/h5,7,9-10,13,15,17H,6,8H2,1-4H3. The van der Waals surface area contributed by atoms with Crippen molar-refractivity contribution < 1.29 is 9.47 Å². The van der Waals surface area contributed by atoms with Crippen LogP contribution in [0.2, 0.25) is 5.02 Å². The summed E-state index contributed by atoms with van der Waals surface area (Å²) in [4.78, 5) is 4.11. The molecular weight excluding hydrogens is 406 g/mol. The molecule has 0 amide bonds. The molecule has 5 nitrogen and oxygen atoms in total. The topological polar surface area (TPSA) is 49.2 Å². The highest BCUT2D eigenvalue weighted by atomic mass is 79.9. The number of fused-ring (bicyclic) bond motifs is 1. The molecule has 1 aromatic heterocycles. The van der Waals surface area contributed by atoms with Gasteiger partial charge in [0.05, 0.1) is 17.2 Å². The summed E-state index contributed by atoms with van der Waals surface area (Å²) < 4.78 is 14.9. The molecule has 2 aromatic rings. The Morgan fingerprint density at radius 3 is 2.80 bits per heavy atom. The van der Waals surface area contributed by atoms with E-state index in [0.717, 1.165) is 28.6 Å². The number of halogens is 2. The van der Waals surface area contributed by atoms with Gasteiger partial charge in [0.2, 0.25) is 0 Å². The molecule has 136 valence electrons. The van der Waals surface area contributed by atoms with Crippen molar-refractivity contribution in [2.24, 2.45) is 5.41 Å². The SMILES string of the molecule is COC(C(CC1Cc2cc(Br)cc(Cl)c2O1)n1cncn1)C(C)(C)C. The zero-order chi connectivity index (χ0) is 18.2. The van der Waals surface area contributed by atoms with Gasteiger partial charge in [0.25, 0.3) is 0 Å². The number of aromatic nitrogens is 3. The number of hydrogen-bond acceptors (Lipinski definition) is 4. The van der Waals surface area contributed by atoms with Gasteiger partial charge in [-0.3, -0.25) is 0 Å².